The molecule has 4 nitrogen and oxygen atoms in total. The van der Waals surface area contributed by atoms with Gasteiger partial charge in [0.1, 0.15) is 17.8 Å². The Morgan fingerprint density at radius 3 is 2.47 bits per heavy atom. The number of nitrogen functional groups attached to an aromatic ring is 2. The van der Waals surface area contributed by atoms with E-state index in [9.17, 15) is 8.78 Å². The van der Waals surface area contributed by atoms with Gasteiger partial charge in [-0.05, 0) is 18.2 Å². The molecule has 0 radical (unpaired) electrons. The molecular formula is C9H8F2N4. The fourth-order valence-corrected chi connectivity index (χ4v) is 1.24. The molecule has 78 valence electrons. The molecule has 2 rings (SSSR count). The van der Waals surface area contributed by atoms with Gasteiger partial charge in [0.15, 0.2) is 11.6 Å². The summed E-state index contributed by atoms with van der Waals surface area (Å²) in [7, 11) is 0. The molecular weight excluding hydrogens is 202 g/mol. The molecule has 6 heteroatoms. The van der Waals surface area contributed by atoms with Gasteiger partial charge in [-0.25, -0.2) is 18.4 Å². The molecule has 0 spiro atoms. The highest BCUT2D eigenvalue weighted by Gasteiger charge is 2.10. The molecule has 0 aliphatic rings. The maximum Gasteiger partial charge on any atom is 0.159 e. The van der Waals surface area contributed by atoms with Crippen LogP contribution < -0.4 is 11.6 Å². The van der Waals surface area contributed by atoms with Crippen molar-refractivity contribution in [2.45, 2.75) is 0 Å². The first-order valence-electron chi connectivity index (χ1n) is 4.13. The maximum absolute atomic E-state index is 12.9. The highest BCUT2D eigenvalue weighted by atomic mass is 19.2. The zero-order valence-electron chi connectivity index (χ0n) is 7.61. The lowest BCUT2D eigenvalue weighted by molar-refractivity contribution is 0.509. The van der Waals surface area contributed by atoms with Gasteiger partial charge in [0.25, 0.3) is 0 Å². The van der Waals surface area contributed by atoms with E-state index in [1.54, 1.807) is 0 Å². The molecule has 2 aromatic rings. The smallest absolute Gasteiger partial charge is 0.159 e. The Morgan fingerprint density at radius 2 is 1.93 bits per heavy atom. The van der Waals surface area contributed by atoms with E-state index in [1.807, 2.05) is 0 Å². The van der Waals surface area contributed by atoms with Gasteiger partial charge in [-0.1, -0.05) is 0 Å². The Hall–Kier alpha value is -2.11. The van der Waals surface area contributed by atoms with Crippen LogP contribution in [0.4, 0.5) is 14.6 Å². The Balaban J connectivity index is 2.55. The van der Waals surface area contributed by atoms with Crippen molar-refractivity contribution in [1.29, 1.82) is 0 Å². The van der Waals surface area contributed by atoms with Gasteiger partial charge in [-0.2, -0.15) is 0 Å². The normalized spacial score (nSPS) is 10.5. The first kappa shape index (κ1) is 9.45. The lowest BCUT2D eigenvalue weighted by Gasteiger charge is -2.00. The molecule has 0 unspecified atom stereocenters. The van der Waals surface area contributed by atoms with E-state index in [0.717, 1.165) is 16.8 Å². The van der Waals surface area contributed by atoms with Crippen molar-refractivity contribution >= 4 is 5.82 Å². The van der Waals surface area contributed by atoms with Crippen LogP contribution in [-0.4, -0.2) is 9.66 Å². The quantitative estimate of drug-likeness (QED) is 0.693. The van der Waals surface area contributed by atoms with Crippen LogP contribution in [-0.2, 0) is 0 Å². The topological polar surface area (TPSA) is 69.9 Å². The van der Waals surface area contributed by atoms with Crippen LogP contribution in [0.25, 0.3) is 11.3 Å². The van der Waals surface area contributed by atoms with Crippen molar-refractivity contribution in [2.75, 3.05) is 11.6 Å². The number of halogens is 2. The average Bonchev–Trinajstić information content (AvgIpc) is 2.53. The first-order chi connectivity index (χ1) is 7.09. The van der Waals surface area contributed by atoms with E-state index in [0.29, 0.717) is 11.3 Å². The highest BCUT2D eigenvalue weighted by molar-refractivity contribution is 5.70. The fraction of sp³-hybridized carbons (Fsp3) is 0. The third kappa shape index (κ3) is 1.50. The molecule has 1 aromatic carbocycles. The van der Waals surface area contributed by atoms with Gasteiger partial charge in [-0.15, -0.1) is 0 Å². The zero-order chi connectivity index (χ0) is 11.0. The summed E-state index contributed by atoms with van der Waals surface area (Å²) in [5.41, 5.74) is 6.30. The maximum atomic E-state index is 12.9. The number of aromatic nitrogens is 2. The van der Waals surface area contributed by atoms with Crippen molar-refractivity contribution in [3.63, 3.8) is 0 Å². The van der Waals surface area contributed by atoms with Gasteiger partial charge < -0.3 is 11.6 Å². The molecule has 4 N–H and O–H groups in total. The summed E-state index contributed by atoms with van der Waals surface area (Å²) < 4.78 is 26.7. The molecule has 0 saturated heterocycles. The van der Waals surface area contributed by atoms with Crippen LogP contribution >= 0.6 is 0 Å². The molecule has 0 fully saturated rings. The van der Waals surface area contributed by atoms with E-state index >= 15 is 0 Å². The van der Waals surface area contributed by atoms with Gasteiger partial charge in [-0.3, -0.25) is 0 Å². The van der Waals surface area contributed by atoms with Gasteiger partial charge in [0, 0.05) is 5.56 Å². The number of hydrogen-bond donors (Lipinski definition) is 2. The third-order valence-corrected chi connectivity index (χ3v) is 2.03. The monoisotopic (exact) mass is 210 g/mol. The summed E-state index contributed by atoms with van der Waals surface area (Å²) in [5.74, 6) is 3.74. The molecule has 1 aromatic heterocycles. The van der Waals surface area contributed by atoms with Crippen LogP contribution in [0, 0.1) is 11.6 Å². The van der Waals surface area contributed by atoms with E-state index in [4.69, 9.17) is 11.6 Å². The Morgan fingerprint density at radius 1 is 1.20 bits per heavy atom. The summed E-state index contributed by atoms with van der Waals surface area (Å²) in [4.78, 5) is 3.88. The minimum atomic E-state index is -0.946. The molecule has 0 amide bonds. The molecule has 1 heterocycles. The summed E-state index contributed by atoms with van der Waals surface area (Å²) in [6, 6.07) is 3.42. The number of nitrogens with two attached hydrogens (primary N) is 2. The number of anilines is 1. The number of hydrogen-bond acceptors (Lipinski definition) is 3. The van der Waals surface area contributed by atoms with Gasteiger partial charge >= 0.3 is 0 Å². The van der Waals surface area contributed by atoms with Crippen molar-refractivity contribution in [3.05, 3.63) is 36.2 Å². The largest absolute Gasteiger partial charge is 0.382 e. The van der Waals surface area contributed by atoms with Gasteiger partial charge in [0.05, 0.1) is 0 Å². The second-order valence-electron chi connectivity index (χ2n) is 3.01. The van der Waals surface area contributed by atoms with Crippen LogP contribution in [0.3, 0.4) is 0 Å². The Bertz CT molecular complexity index is 507. The van der Waals surface area contributed by atoms with Crippen molar-refractivity contribution in [1.82, 2.24) is 9.66 Å². The number of nitrogens with zero attached hydrogens (tertiary/aromatic N) is 2. The van der Waals surface area contributed by atoms with Crippen LogP contribution in [0.1, 0.15) is 0 Å². The third-order valence-electron chi connectivity index (χ3n) is 2.03. The summed E-state index contributed by atoms with van der Waals surface area (Å²) in [5, 5.41) is 0. The van der Waals surface area contributed by atoms with Crippen LogP contribution in [0.5, 0.6) is 0 Å². The molecule has 15 heavy (non-hydrogen) atoms. The predicted molar refractivity (Wildman–Crippen MR) is 52.1 cm³/mol. The summed E-state index contributed by atoms with van der Waals surface area (Å²) in [6.45, 7) is 0. The number of imidazole rings is 1. The van der Waals surface area contributed by atoms with E-state index in [2.05, 4.69) is 4.98 Å². The standard InChI is InChI=1S/C9H8F2N4/c10-6-2-1-5(3-7(6)11)8-9(12)15(13)4-14-8/h1-4H,12-13H2. The van der Waals surface area contributed by atoms with Crippen LogP contribution in [0.2, 0.25) is 0 Å². The summed E-state index contributed by atoms with van der Waals surface area (Å²) in [6.07, 6.45) is 1.30. The Labute approximate surface area is 84.1 Å². The lowest BCUT2D eigenvalue weighted by atomic mass is 10.1. The van der Waals surface area contributed by atoms with Crippen molar-refractivity contribution in [3.8, 4) is 11.3 Å². The fourth-order valence-electron chi connectivity index (χ4n) is 1.24. The zero-order valence-corrected chi connectivity index (χ0v) is 7.61. The molecule has 0 aliphatic carbocycles. The first-order valence-corrected chi connectivity index (χ1v) is 4.13. The second-order valence-corrected chi connectivity index (χ2v) is 3.01. The van der Waals surface area contributed by atoms with Crippen molar-refractivity contribution < 1.29 is 8.78 Å². The lowest BCUT2D eigenvalue weighted by Crippen LogP contribution is -2.10. The minimum Gasteiger partial charge on any atom is -0.382 e. The summed E-state index contributed by atoms with van der Waals surface area (Å²) >= 11 is 0. The Kier molecular flexibility index (Phi) is 2.03. The molecule has 0 atom stereocenters. The second kappa shape index (κ2) is 3.23. The minimum absolute atomic E-state index is 0.195. The van der Waals surface area contributed by atoms with Crippen molar-refractivity contribution in [2.24, 2.45) is 0 Å². The predicted octanol–water partition coefficient (Wildman–Crippen LogP) is 1.12. The highest BCUT2D eigenvalue weighted by Crippen LogP contribution is 2.24. The van der Waals surface area contributed by atoms with E-state index in [1.165, 1.54) is 12.4 Å². The molecule has 0 saturated carbocycles. The average molecular weight is 210 g/mol. The molecule has 0 aliphatic heterocycles. The van der Waals surface area contributed by atoms with E-state index in [-0.39, 0.29) is 5.82 Å². The van der Waals surface area contributed by atoms with E-state index < -0.39 is 11.6 Å². The molecule has 0 bridgehead atoms. The number of benzene rings is 1. The van der Waals surface area contributed by atoms with Gasteiger partial charge in [0.2, 0.25) is 0 Å². The number of rotatable bonds is 1. The SMILES string of the molecule is Nc1c(-c2ccc(F)c(F)c2)ncn1N. The van der Waals surface area contributed by atoms with Crippen LogP contribution in [0.15, 0.2) is 24.5 Å².